The van der Waals surface area contributed by atoms with Crippen molar-refractivity contribution in [3.05, 3.63) is 48.6 Å². The van der Waals surface area contributed by atoms with Crippen LogP contribution in [0.2, 0.25) is 0 Å². The quantitative estimate of drug-likeness (QED) is 0.740. The summed E-state index contributed by atoms with van der Waals surface area (Å²) < 4.78 is 4.91. The van der Waals surface area contributed by atoms with E-state index in [1.165, 1.54) is 6.26 Å². The highest BCUT2D eigenvalue weighted by Crippen LogP contribution is 2.00. The van der Waals surface area contributed by atoms with E-state index in [0.29, 0.717) is 5.82 Å². The van der Waals surface area contributed by atoms with Gasteiger partial charge in [0.15, 0.2) is 5.76 Å². The maximum Gasteiger partial charge on any atom is 0.305 e. The van der Waals surface area contributed by atoms with Gasteiger partial charge < -0.3 is 4.42 Å². The Balaban J connectivity index is 1.92. The minimum atomic E-state index is -0.342. The highest BCUT2D eigenvalue weighted by molar-refractivity contribution is 5.91. The number of pyridine rings is 1. The van der Waals surface area contributed by atoms with E-state index < -0.39 is 0 Å². The van der Waals surface area contributed by atoms with Crippen LogP contribution in [0.5, 0.6) is 0 Å². The van der Waals surface area contributed by atoms with E-state index in [2.05, 4.69) is 15.8 Å². The highest BCUT2D eigenvalue weighted by Gasteiger charge is 2.06. The van der Waals surface area contributed by atoms with Gasteiger partial charge in [0.2, 0.25) is 0 Å². The number of hydrogen-bond donors (Lipinski definition) is 2. The molecule has 1 amide bonds. The van der Waals surface area contributed by atoms with Gasteiger partial charge in [0, 0.05) is 6.20 Å². The fourth-order valence-electron chi connectivity index (χ4n) is 1.03. The second kappa shape index (κ2) is 4.28. The zero-order chi connectivity index (χ0) is 10.5. The summed E-state index contributed by atoms with van der Waals surface area (Å²) >= 11 is 0. The number of amides is 1. The second-order valence-corrected chi connectivity index (χ2v) is 2.77. The predicted molar refractivity (Wildman–Crippen MR) is 54.0 cm³/mol. The van der Waals surface area contributed by atoms with Crippen LogP contribution in [0, 0.1) is 0 Å². The lowest BCUT2D eigenvalue weighted by Crippen LogP contribution is -2.29. The molecule has 2 aromatic rings. The first-order valence-corrected chi connectivity index (χ1v) is 4.37. The number of carbonyl (C=O) groups excluding carboxylic acids is 1. The molecular formula is C10H9N3O2. The van der Waals surface area contributed by atoms with E-state index in [-0.39, 0.29) is 11.7 Å². The number of carbonyl (C=O) groups is 1. The number of nitrogens with zero attached hydrogens (tertiary/aromatic N) is 1. The van der Waals surface area contributed by atoms with Gasteiger partial charge in [0.1, 0.15) is 5.82 Å². The average molecular weight is 203 g/mol. The van der Waals surface area contributed by atoms with Gasteiger partial charge in [-0.1, -0.05) is 6.07 Å². The van der Waals surface area contributed by atoms with Gasteiger partial charge in [-0.15, -0.1) is 0 Å². The molecule has 5 nitrogen and oxygen atoms in total. The number of aromatic nitrogens is 1. The zero-order valence-electron chi connectivity index (χ0n) is 7.81. The molecule has 2 aromatic heterocycles. The van der Waals surface area contributed by atoms with E-state index in [0.717, 1.165) is 0 Å². The minimum absolute atomic E-state index is 0.249. The molecule has 2 N–H and O–H groups in total. The van der Waals surface area contributed by atoms with Gasteiger partial charge in [-0.2, -0.15) is 0 Å². The monoisotopic (exact) mass is 203 g/mol. The summed E-state index contributed by atoms with van der Waals surface area (Å²) in [4.78, 5) is 15.4. The normalized spacial score (nSPS) is 9.60. The van der Waals surface area contributed by atoms with E-state index >= 15 is 0 Å². The number of anilines is 1. The van der Waals surface area contributed by atoms with Crippen LogP contribution in [-0.4, -0.2) is 10.9 Å². The van der Waals surface area contributed by atoms with Crippen molar-refractivity contribution in [3.63, 3.8) is 0 Å². The molecule has 0 saturated heterocycles. The summed E-state index contributed by atoms with van der Waals surface area (Å²) in [6.07, 6.45) is 3.07. The largest absolute Gasteiger partial charge is 0.459 e. The third-order valence-corrected chi connectivity index (χ3v) is 1.71. The van der Waals surface area contributed by atoms with Crippen LogP contribution in [0.1, 0.15) is 10.6 Å². The molecule has 0 saturated carbocycles. The Labute approximate surface area is 86.1 Å². The molecule has 0 atom stereocenters. The average Bonchev–Trinajstić information content (AvgIpc) is 2.81. The van der Waals surface area contributed by atoms with E-state index in [1.807, 2.05) is 6.07 Å². The van der Waals surface area contributed by atoms with Crippen molar-refractivity contribution in [2.75, 3.05) is 5.43 Å². The summed E-state index contributed by atoms with van der Waals surface area (Å²) in [6.45, 7) is 0. The van der Waals surface area contributed by atoms with Crippen LogP contribution in [0.3, 0.4) is 0 Å². The van der Waals surface area contributed by atoms with Crippen molar-refractivity contribution in [2.24, 2.45) is 0 Å². The van der Waals surface area contributed by atoms with Gasteiger partial charge in [-0.3, -0.25) is 15.6 Å². The topological polar surface area (TPSA) is 67.2 Å². The summed E-state index contributed by atoms with van der Waals surface area (Å²) in [7, 11) is 0. The molecule has 0 bridgehead atoms. The first kappa shape index (κ1) is 9.26. The molecule has 0 aliphatic carbocycles. The number of hydrazine groups is 1. The Kier molecular flexibility index (Phi) is 2.64. The van der Waals surface area contributed by atoms with Crippen molar-refractivity contribution >= 4 is 11.7 Å². The van der Waals surface area contributed by atoms with E-state index in [4.69, 9.17) is 4.42 Å². The summed E-state index contributed by atoms with van der Waals surface area (Å²) in [6, 6.07) is 8.57. The lowest BCUT2D eigenvalue weighted by atomic mass is 10.4. The lowest BCUT2D eigenvalue weighted by molar-refractivity contribution is 0.0935. The van der Waals surface area contributed by atoms with Crippen LogP contribution in [-0.2, 0) is 0 Å². The Morgan fingerprint density at radius 3 is 2.87 bits per heavy atom. The molecular weight excluding hydrogens is 194 g/mol. The highest BCUT2D eigenvalue weighted by atomic mass is 16.3. The van der Waals surface area contributed by atoms with Crippen LogP contribution in [0.4, 0.5) is 5.82 Å². The fourth-order valence-corrected chi connectivity index (χ4v) is 1.03. The van der Waals surface area contributed by atoms with Crippen LogP contribution < -0.4 is 10.9 Å². The first-order chi connectivity index (χ1) is 7.36. The van der Waals surface area contributed by atoms with Crippen molar-refractivity contribution in [1.82, 2.24) is 10.4 Å². The van der Waals surface area contributed by atoms with Crippen molar-refractivity contribution in [3.8, 4) is 0 Å². The predicted octanol–water partition coefficient (Wildman–Crippen LogP) is 1.43. The Bertz CT molecular complexity index is 425. The number of hydrogen-bond acceptors (Lipinski definition) is 4. The van der Waals surface area contributed by atoms with Gasteiger partial charge in [-0.25, -0.2) is 4.98 Å². The number of nitrogens with one attached hydrogen (secondary N) is 2. The number of furan rings is 1. The van der Waals surface area contributed by atoms with E-state index in [9.17, 15) is 4.79 Å². The van der Waals surface area contributed by atoms with Gasteiger partial charge in [0.05, 0.1) is 6.26 Å². The molecule has 0 unspecified atom stereocenters. The summed E-state index contributed by atoms with van der Waals surface area (Å²) in [5.41, 5.74) is 5.12. The number of rotatable bonds is 3. The standard InChI is InChI=1S/C10H9N3O2/c14-10(8-4-3-7-15-8)13-12-9-5-1-2-6-11-9/h1-7H,(H,11,12)(H,13,14). The molecule has 0 fully saturated rings. The molecule has 0 aliphatic heterocycles. The molecule has 5 heteroatoms. The molecule has 0 aliphatic rings. The fraction of sp³-hybridized carbons (Fsp3) is 0. The SMILES string of the molecule is O=C(NNc1ccccn1)c1ccco1. The Morgan fingerprint density at radius 1 is 1.27 bits per heavy atom. The third kappa shape index (κ3) is 2.34. The molecule has 0 aromatic carbocycles. The summed E-state index contributed by atoms with van der Waals surface area (Å²) in [5.74, 6) is 0.474. The van der Waals surface area contributed by atoms with Gasteiger partial charge >= 0.3 is 5.91 Å². The smallest absolute Gasteiger partial charge is 0.305 e. The van der Waals surface area contributed by atoms with Crippen molar-refractivity contribution in [1.29, 1.82) is 0 Å². The molecule has 2 rings (SSSR count). The van der Waals surface area contributed by atoms with E-state index in [1.54, 1.807) is 30.5 Å². The molecule has 15 heavy (non-hydrogen) atoms. The Hall–Kier alpha value is -2.30. The van der Waals surface area contributed by atoms with Crippen LogP contribution in [0.15, 0.2) is 47.2 Å². The van der Waals surface area contributed by atoms with Crippen LogP contribution >= 0.6 is 0 Å². The lowest BCUT2D eigenvalue weighted by Gasteiger charge is -2.04. The van der Waals surface area contributed by atoms with Crippen molar-refractivity contribution in [2.45, 2.75) is 0 Å². The third-order valence-electron chi connectivity index (χ3n) is 1.71. The minimum Gasteiger partial charge on any atom is -0.459 e. The maximum absolute atomic E-state index is 11.4. The van der Waals surface area contributed by atoms with Crippen LogP contribution in [0.25, 0.3) is 0 Å². The zero-order valence-corrected chi connectivity index (χ0v) is 7.81. The molecule has 0 spiro atoms. The first-order valence-electron chi connectivity index (χ1n) is 4.37. The van der Waals surface area contributed by atoms with Gasteiger partial charge in [-0.05, 0) is 24.3 Å². The Morgan fingerprint density at radius 2 is 2.20 bits per heavy atom. The van der Waals surface area contributed by atoms with Gasteiger partial charge in [0.25, 0.3) is 0 Å². The molecule has 76 valence electrons. The maximum atomic E-state index is 11.4. The summed E-state index contributed by atoms with van der Waals surface area (Å²) in [5, 5.41) is 0. The molecule has 0 radical (unpaired) electrons. The van der Waals surface area contributed by atoms with Crippen molar-refractivity contribution < 1.29 is 9.21 Å². The second-order valence-electron chi connectivity index (χ2n) is 2.77. The molecule has 2 heterocycles.